The Hall–Kier alpha value is -1.59. The lowest BCUT2D eigenvalue weighted by Gasteiger charge is -2.23. The van der Waals surface area contributed by atoms with E-state index >= 15 is 0 Å². The van der Waals surface area contributed by atoms with Gasteiger partial charge in [0.1, 0.15) is 0 Å². The second-order valence-electron chi connectivity index (χ2n) is 5.93. The number of nitrogens with one attached hydrogen (secondary N) is 1. The first-order valence-electron chi connectivity index (χ1n) is 7.88. The van der Waals surface area contributed by atoms with E-state index in [1.807, 2.05) is 12.1 Å². The molecule has 23 heavy (non-hydrogen) atoms. The molecule has 0 heterocycles. The van der Waals surface area contributed by atoms with Crippen LogP contribution in [-0.4, -0.2) is 25.5 Å². The predicted molar refractivity (Wildman–Crippen MR) is 88.9 cm³/mol. The van der Waals surface area contributed by atoms with Crippen molar-refractivity contribution in [2.24, 2.45) is 17.6 Å². The third-order valence-electron chi connectivity index (χ3n) is 4.49. The number of hydrogen-bond donors (Lipinski definition) is 2. The first-order chi connectivity index (χ1) is 11.0. The van der Waals surface area contributed by atoms with Crippen LogP contribution in [0, 0.1) is 11.8 Å². The second-order valence-corrected chi connectivity index (χ2v) is 6.36. The summed E-state index contributed by atoms with van der Waals surface area (Å²) >= 11 is 5.90. The van der Waals surface area contributed by atoms with Gasteiger partial charge in [-0.15, -0.1) is 0 Å². The molecule has 0 saturated heterocycles. The molecule has 126 valence electrons. The molecule has 0 unspecified atom stereocenters. The highest BCUT2D eigenvalue weighted by Gasteiger charge is 2.33. The number of amides is 1. The van der Waals surface area contributed by atoms with Crippen LogP contribution in [0.3, 0.4) is 0 Å². The molecule has 6 heteroatoms. The summed E-state index contributed by atoms with van der Waals surface area (Å²) in [5, 5.41) is 3.59. The molecular weight excluding hydrogens is 316 g/mol. The molecule has 3 N–H and O–H groups in total. The first-order valence-corrected chi connectivity index (χ1v) is 8.25. The average molecular weight is 339 g/mol. The fraction of sp³-hybridized carbons (Fsp3) is 0.529. The molecule has 1 aromatic carbocycles. The third kappa shape index (κ3) is 4.69. The van der Waals surface area contributed by atoms with Gasteiger partial charge in [-0.1, -0.05) is 30.2 Å². The Labute approximate surface area is 141 Å². The highest BCUT2D eigenvalue weighted by atomic mass is 35.5. The third-order valence-corrected chi connectivity index (χ3v) is 4.74. The zero-order valence-electron chi connectivity index (χ0n) is 13.3. The van der Waals surface area contributed by atoms with E-state index in [0.717, 1.165) is 24.8 Å². The molecular formula is C17H23ClN2O3. The molecule has 0 bridgehead atoms. The number of carbonyl (C=O) groups excluding carboxylic acids is 2. The summed E-state index contributed by atoms with van der Waals surface area (Å²) in [7, 11) is 1.34. The minimum atomic E-state index is -0.425. The molecule has 1 saturated carbocycles. The Bertz CT molecular complexity index is 547. The van der Waals surface area contributed by atoms with Gasteiger partial charge in [-0.25, -0.2) is 0 Å². The normalized spacial score (nSPS) is 21.7. The van der Waals surface area contributed by atoms with Gasteiger partial charge in [-0.05, 0) is 43.0 Å². The quantitative estimate of drug-likeness (QED) is 0.780. The molecule has 0 aliphatic heterocycles. The van der Waals surface area contributed by atoms with Crippen molar-refractivity contribution in [3.05, 3.63) is 34.9 Å². The van der Waals surface area contributed by atoms with Gasteiger partial charge in [0.05, 0.1) is 19.6 Å². The van der Waals surface area contributed by atoms with Gasteiger partial charge >= 0.3 is 5.97 Å². The zero-order valence-corrected chi connectivity index (χ0v) is 14.0. The summed E-state index contributed by atoms with van der Waals surface area (Å²) in [6.07, 6.45) is 2.93. The number of hydrogen-bond acceptors (Lipinski definition) is 4. The lowest BCUT2D eigenvalue weighted by Crippen LogP contribution is -2.38. The molecule has 1 amide bonds. The Morgan fingerprint density at radius 2 is 2.04 bits per heavy atom. The van der Waals surface area contributed by atoms with Crippen LogP contribution in [0.1, 0.15) is 37.3 Å². The lowest BCUT2D eigenvalue weighted by atomic mass is 9.94. The van der Waals surface area contributed by atoms with Gasteiger partial charge in [0, 0.05) is 10.9 Å². The molecule has 1 aliphatic carbocycles. The highest BCUT2D eigenvalue weighted by Crippen LogP contribution is 2.32. The summed E-state index contributed by atoms with van der Waals surface area (Å²) in [5.74, 6) is -0.264. The Morgan fingerprint density at radius 1 is 1.35 bits per heavy atom. The maximum atomic E-state index is 12.6. The van der Waals surface area contributed by atoms with Crippen LogP contribution in [0.5, 0.6) is 0 Å². The number of benzene rings is 1. The van der Waals surface area contributed by atoms with Crippen molar-refractivity contribution < 1.29 is 14.3 Å². The van der Waals surface area contributed by atoms with Crippen LogP contribution in [0.15, 0.2) is 24.3 Å². The average Bonchev–Trinajstić information content (AvgIpc) is 3.03. The van der Waals surface area contributed by atoms with Crippen molar-refractivity contribution in [2.75, 3.05) is 13.7 Å². The van der Waals surface area contributed by atoms with Crippen molar-refractivity contribution in [3.8, 4) is 0 Å². The van der Waals surface area contributed by atoms with Crippen LogP contribution >= 0.6 is 11.6 Å². The second kappa shape index (κ2) is 8.31. The summed E-state index contributed by atoms with van der Waals surface area (Å²) in [4.78, 5) is 24.3. The van der Waals surface area contributed by atoms with Crippen molar-refractivity contribution >= 4 is 23.5 Å². The SMILES string of the molecule is COC(=O)C[C@H](NC(=O)[C@@H]1CCC[C@@H]1CN)c1ccc(Cl)cc1. The number of carbonyl (C=O) groups is 2. The van der Waals surface area contributed by atoms with Crippen LogP contribution in [-0.2, 0) is 14.3 Å². The highest BCUT2D eigenvalue weighted by molar-refractivity contribution is 6.30. The van der Waals surface area contributed by atoms with Crippen molar-refractivity contribution in [3.63, 3.8) is 0 Å². The van der Waals surface area contributed by atoms with E-state index in [9.17, 15) is 9.59 Å². The van der Waals surface area contributed by atoms with E-state index in [1.54, 1.807) is 12.1 Å². The zero-order chi connectivity index (χ0) is 16.8. The smallest absolute Gasteiger partial charge is 0.307 e. The van der Waals surface area contributed by atoms with E-state index in [0.29, 0.717) is 11.6 Å². The summed E-state index contributed by atoms with van der Waals surface area (Å²) in [5.41, 5.74) is 6.58. The molecule has 3 atom stereocenters. The van der Waals surface area contributed by atoms with Crippen molar-refractivity contribution in [1.29, 1.82) is 0 Å². The number of halogens is 1. The minimum Gasteiger partial charge on any atom is -0.469 e. The van der Waals surface area contributed by atoms with Gasteiger partial charge in [-0.2, -0.15) is 0 Å². The molecule has 1 fully saturated rings. The van der Waals surface area contributed by atoms with Gasteiger partial charge < -0.3 is 15.8 Å². The van der Waals surface area contributed by atoms with Crippen molar-refractivity contribution in [1.82, 2.24) is 5.32 Å². The summed E-state index contributed by atoms with van der Waals surface area (Å²) in [6.45, 7) is 0.515. The Morgan fingerprint density at radius 3 is 2.65 bits per heavy atom. The van der Waals surface area contributed by atoms with Gasteiger partial charge in [-0.3, -0.25) is 9.59 Å². The van der Waals surface area contributed by atoms with Gasteiger partial charge in [0.2, 0.25) is 5.91 Å². The molecule has 1 aliphatic rings. The fourth-order valence-corrected chi connectivity index (χ4v) is 3.27. The van der Waals surface area contributed by atoms with E-state index in [-0.39, 0.29) is 30.1 Å². The summed E-state index contributed by atoms with van der Waals surface area (Å²) in [6, 6.07) is 6.68. The van der Waals surface area contributed by atoms with E-state index < -0.39 is 6.04 Å². The van der Waals surface area contributed by atoms with Crippen LogP contribution < -0.4 is 11.1 Å². The topological polar surface area (TPSA) is 81.4 Å². The minimum absolute atomic E-state index is 0.0400. The molecule has 0 spiro atoms. The number of rotatable bonds is 6. The van der Waals surface area contributed by atoms with Crippen LogP contribution in [0.2, 0.25) is 5.02 Å². The van der Waals surface area contributed by atoms with E-state index in [4.69, 9.17) is 22.1 Å². The summed E-state index contributed by atoms with van der Waals surface area (Å²) < 4.78 is 4.74. The van der Waals surface area contributed by atoms with Crippen LogP contribution in [0.25, 0.3) is 0 Å². The van der Waals surface area contributed by atoms with E-state index in [2.05, 4.69) is 5.32 Å². The molecule has 2 rings (SSSR count). The molecule has 5 nitrogen and oxygen atoms in total. The lowest BCUT2D eigenvalue weighted by molar-refractivity contribution is -0.141. The number of esters is 1. The van der Waals surface area contributed by atoms with Gasteiger partial charge in [0.15, 0.2) is 0 Å². The maximum Gasteiger partial charge on any atom is 0.307 e. The predicted octanol–water partition coefficient (Wildman–Crippen LogP) is 2.44. The number of methoxy groups -OCH3 is 1. The Kier molecular flexibility index (Phi) is 6.42. The molecule has 1 aromatic rings. The fourth-order valence-electron chi connectivity index (χ4n) is 3.14. The monoisotopic (exact) mass is 338 g/mol. The largest absolute Gasteiger partial charge is 0.469 e. The first kappa shape index (κ1) is 17.8. The standard InChI is InChI=1S/C17H23ClN2O3/c1-23-16(21)9-15(11-5-7-13(18)8-6-11)20-17(22)14-4-2-3-12(14)10-19/h5-8,12,14-15H,2-4,9-10,19H2,1H3,(H,20,22)/t12-,14-,15+/m1/s1. The Balaban J connectivity index is 2.12. The molecule has 0 radical (unpaired) electrons. The van der Waals surface area contributed by atoms with Crippen molar-refractivity contribution in [2.45, 2.75) is 31.7 Å². The number of ether oxygens (including phenoxy) is 1. The van der Waals surface area contributed by atoms with Crippen LogP contribution in [0.4, 0.5) is 0 Å². The van der Waals surface area contributed by atoms with Gasteiger partial charge in [0.25, 0.3) is 0 Å². The molecule has 0 aromatic heterocycles. The van der Waals surface area contributed by atoms with E-state index in [1.165, 1.54) is 7.11 Å². The number of nitrogens with two attached hydrogens (primary N) is 1. The maximum absolute atomic E-state index is 12.6.